The summed E-state index contributed by atoms with van der Waals surface area (Å²) in [6, 6.07) is 9.18. The van der Waals surface area contributed by atoms with E-state index >= 15 is 0 Å². The van der Waals surface area contributed by atoms with E-state index in [1.807, 2.05) is 31.2 Å². The molecular weight excluding hydrogens is 264 g/mol. The van der Waals surface area contributed by atoms with Gasteiger partial charge in [-0.25, -0.2) is 0 Å². The zero-order valence-corrected chi connectivity index (χ0v) is 12.0. The summed E-state index contributed by atoms with van der Waals surface area (Å²) in [6.07, 6.45) is 2.30. The van der Waals surface area contributed by atoms with Crippen molar-refractivity contribution in [2.45, 2.75) is 13.3 Å². The Morgan fingerprint density at radius 1 is 1.38 bits per heavy atom. The quantitative estimate of drug-likeness (QED) is 0.841. The summed E-state index contributed by atoms with van der Waals surface area (Å²) in [5.41, 5.74) is 7.85. The second kappa shape index (κ2) is 7.32. The molecule has 0 aliphatic heterocycles. The molecule has 0 spiro atoms. The van der Waals surface area contributed by atoms with Crippen LogP contribution in [-0.4, -0.2) is 19.0 Å². The van der Waals surface area contributed by atoms with Crippen LogP contribution in [0.1, 0.15) is 27.2 Å². The van der Waals surface area contributed by atoms with Crippen LogP contribution in [0.15, 0.2) is 41.0 Å². The third-order valence-corrected chi connectivity index (χ3v) is 3.05. The molecule has 2 rings (SSSR count). The lowest BCUT2D eigenvalue weighted by Gasteiger charge is -2.06. The van der Waals surface area contributed by atoms with E-state index in [4.69, 9.17) is 10.2 Å². The van der Waals surface area contributed by atoms with Crippen LogP contribution in [0.5, 0.6) is 0 Å². The number of carbonyl (C=O) groups is 1. The molecule has 0 saturated heterocycles. The van der Waals surface area contributed by atoms with Crippen LogP contribution in [0, 0.1) is 18.8 Å². The van der Waals surface area contributed by atoms with Crippen LogP contribution in [0.2, 0.25) is 0 Å². The average molecular weight is 282 g/mol. The molecule has 4 heteroatoms. The van der Waals surface area contributed by atoms with Gasteiger partial charge in [-0.3, -0.25) is 4.79 Å². The highest BCUT2D eigenvalue weighted by Gasteiger charge is 2.07. The minimum absolute atomic E-state index is 0.0945. The fraction of sp³-hybridized carbons (Fsp3) is 0.235. The van der Waals surface area contributed by atoms with Crippen LogP contribution < -0.4 is 11.1 Å². The van der Waals surface area contributed by atoms with Gasteiger partial charge in [-0.2, -0.15) is 0 Å². The summed E-state index contributed by atoms with van der Waals surface area (Å²) in [5.74, 6) is 6.56. The van der Waals surface area contributed by atoms with E-state index in [-0.39, 0.29) is 5.91 Å². The second-order valence-corrected chi connectivity index (χ2v) is 4.62. The molecule has 1 aromatic heterocycles. The first-order chi connectivity index (χ1) is 10.2. The number of nitrogens with two attached hydrogens (primary N) is 1. The van der Waals surface area contributed by atoms with Gasteiger partial charge < -0.3 is 15.5 Å². The topological polar surface area (TPSA) is 68.3 Å². The SMILES string of the molecule is Cc1cc(C(=O)NCCc2ccco2)ccc1C#CCN. The van der Waals surface area contributed by atoms with Gasteiger partial charge in [0.1, 0.15) is 5.76 Å². The van der Waals surface area contributed by atoms with E-state index in [2.05, 4.69) is 17.2 Å². The van der Waals surface area contributed by atoms with E-state index in [0.717, 1.165) is 16.9 Å². The molecule has 1 heterocycles. The monoisotopic (exact) mass is 282 g/mol. The van der Waals surface area contributed by atoms with Crippen LogP contribution in [0.4, 0.5) is 0 Å². The highest BCUT2D eigenvalue weighted by Crippen LogP contribution is 2.10. The lowest BCUT2D eigenvalue weighted by atomic mass is 10.0. The molecule has 108 valence electrons. The Morgan fingerprint density at radius 3 is 2.90 bits per heavy atom. The van der Waals surface area contributed by atoms with Gasteiger partial charge in [0.05, 0.1) is 12.8 Å². The standard InChI is InChI=1S/C17H18N2O2/c1-13-12-15(7-6-14(13)4-2-9-18)17(20)19-10-8-16-5-3-11-21-16/h3,5-7,11-12H,8-10,18H2,1H3,(H,19,20). The molecule has 3 N–H and O–H groups in total. The number of amides is 1. The first-order valence-corrected chi connectivity index (χ1v) is 6.81. The number of nitrogens with one attached hydrogen (secondary N) is 1. The van der Waals surface area contributed by atoms with E-state index in [9.17, 15) is 4.79 Å². The van der Waals surface area contributed by atoms with Crippen molar-refractivity contribution in [3.63, 3.8) is 0 Å². The number of rotatable bonds is 4. The molecular formula is C17H18N2O2. The van der Waals surface area contributed by atoms with Gasteiger partial charge in [-0.1, -0.05) is 11.8 Å². The molecule has 1 aromatic carbocycles. The Morgan fingerprint density at radius 2 is 2.24 bits per heavy atom. The lowest BCUT2D eigenvalue weighted by Crippen LogP contribution is -2.25. The molecule has 0 unspecified atom stereocenters. The average Bonchev–Trinajstić information content (AvgIpc) is 2.99. The lowest BCUT2D eigenvalue weighted by molar-refractivity contribution is 0.0953. The van der Waals surface area contributed by atoms with E-state index in [1.54, 1.807) is 12.3 Å². The van der Waals surface area contributed by atoms with Crippen molar-refractivity contribution < 1.29 is 9.21 Å². The molecule has 4 nitrogen and oxygen atoms in total. The van der Waals surface area contributed by atoms with Crippen molar-refractivity contribution in [2.24, 2.45) is 5.73 Å². The number of carbonyl (C=O) groups excluding carboxylic acids is 1. The van der Waals surface area contributed by atoms with Crippen LogP contribution in [-0.2, 0) is 6.42 Å². The fourth-order valence-corrected chi connectivity index (χ4v) is 1.95. The van der Waals surface area contributed by atoms with Gasteiger partial charge in [0.25, 0.3) is 5.91 Å². The maximum atomic E-state index is 12.1. The van der Waals surface area contributed by atoms with Crippen molar-refractivity contribution in [3.8, 4) is 11.8 Å². The molecule has 1 amide bonds. The maximum absolute atomic E-state index is 12.1. The highest BCUT2D eigenvalue weighted by atomic mass is 16.3. The third-order valence-electron chi connectivity index (χ3n) is 3.05. The van der Waals surface area contributed by atoms with Crippen LogP contribution in [0.3, 0.4) is 0 Å². The number of hydrogen-bond donors (Lipinski definition) is 2. The van der Waals surface area contributed by atoms with Crippen molar-refractivity contribution in [3.05, 3.63) is 59.0 Å². The zero-order chi connectivity index (χ0) is 15.1. The van der Waals surface area contributed by atoms with Gasteiger partial charge in [-0.05, 0) is 42.8 Å². The summed E-state index contributed by atoms with van der Waals surface area (Å²) < 4.78 is 5.22. The van der Waals surface area contributed by atoms with Gasteiger partial charge in [0.15, 0.2) is 0 Å². The molecule has 0 aliphatic rings. The largest absolute Gasteiger partial charge is 0.469 e. The second-order valence-electron chi connectivity index (χ2n) is 4.62. The Kier molecular flexibility index (Phi) is 5.19. The predicted molar refractivity (Wildman–Crippen MR) is 81.9 cm³/mol. The minimum atomic E-state index is -0.0945. The maximum Gasteiger partial charge on any atom is 0.251 e. The third kappa shape index (κ3) is 4.23. The first-order valence-electron chi connectivity index (χ1n) is 6.81. The van der Waals surface area contributed by atoms with Crippen LogP contribution in [0.25, 0.3) is 0 Å². The Hall–Kier alpha value is -2.51. The molecule has 21 heavy (non-hydrogen) atoms. The van der Waals surface area contributed by atoms with Gasteiger partial charge in [0.2, 0.25) is 0 Å². The Labute approximate surface area is 124 Å². The number of furan rings is 1. The molecule has 0 aliphatic carbocycles. The zero-order valence-electron chi connectivity index (χ0n) is 12.0. The van der Waals surface area contributed by atoms with Crippen molar-refractivity contribution >= 4 is 5.91 Å². The summed E-state index contributed by atoms with van der Waals surface area (Å²) >= 11 is 0. The number of hydrogen-bond acceptors (Lipinski definition) is 3. The summed E-state index contributed by atoms with van der Waals surface area (Å²) in [5, 5.41) is 2.87. The summed E-state index contributed by atoms with van der Waals surface area (Å²) in [6.45, 7) is 2.80. The van der Waals surface area contributed by atoms with Crippen molar-refractivity contribution in [1.82, 2.24) is 5.32 Å². The van der Waals surface area contributed by atoms with E-state index < -0.39 is 0 Å². The van der Waals surface area contributed by atoms with Gasteiger partial charge in [0, 0.05) is 24.1 Å². The van der Waals surface area contributed by atoms with Crippen molar-refractivity contribution in [1.29, 1.82) is 0 Å². The molecule has 0 saturated carbocycles. The van der Waals surface area contributed by atoms with E-state index in [0.29, 0.717) is 25.1 Å². The molecule has 0 bridgehead atoms. The molecule has 0 atom stereocenters. The number of aryl methyl sites for hydroxylation is 1. The van der Waals surface area contributed by atoms with Crippen LogP contribution >= 0.6 is 0 Å². The highest BCUT2D eigenvalue weighted by molar-refractivity contribution is 5.94. The van der Waals surface area contributed by atoms with Crippen molar-refractivity contribution in [2.75, 3.05) is 13.1 Å². The molecule has 0 radical (unpaired) electrons. The van der Waals surface area contributed by atoms with Gasteiger partial charge in [-0.15, -0.1) is 0 Å². The number of benzene rings is 1. The molecule has 2 aromatic rings. The van der Waals surface area contributed by atoms with E-state index in [1.165, 1.54) is 0 Å². The summed E-state index contributed by atoms with van der Waals surface area (Å²) in [7, 11) is 0. The molecule has 0 fully saturated rings. The predicted octanol–water partition coefficient (Wildman–Crippen LogP) is 1.87. The minimum Gasteiger partial charge on any atom is -0.469 e. The smallest absolute Gasteiger partial charge is 0.251 e. The first kappa shape index (κ1) is 14.9. The normalized spacial score (nSPS) is 9.81. The fourth-order valence-electron chi connectivity index (χ4n) is 1.95. The summed E-state index contributed by atoms with van der Waals surface area (Å²) in [4.78, 5) is 12.1. The Bertz CT molecular complexity index is 664. The van der Waals surface area contributed by atoms with Gasteiger partial charge >= 0.3 is 0 Å². The Balaban J connectivity index is 1.94.